The van der Waals surface area contributed by atoms with Crippen LogP contribution in [-0.4, -0.2) is 35.8 Å². The van der Waals surface area contributed by atoms with Gasteiger partial charge in [0, 0.05) is 0 Å². The molecule has 3 saturated heterocycles. The first-order valence-corrected chi connectivity index (χ1v) is 13.1. The Morgan fingerprint density at radius 1 is 0.769 bits per heavy atom. The summed E-state index contributed by atoms with van der Waals surface area (Å²) in [5.41, 5.74) is 3.55. The molecule has 192 valence electrons. The summed E-state index contributed by atoms with van der Waals surface area (Å²) in [5, 5.41) is 7.32. The quantitative estimate of drug-likeness (QED) is 0.383. The molecular formula is C31H23N3O5. The SMILES string of the molecule is Cc1ccc2occ(C3=NN(c4ccccc4)C4C5OC(C6C(=O)N(c7ccccc7)C(=O)C56)C34)c(=O)c2c1. The summed E-state index contributed by atoms with van der Waals surface area (Å²) in [7, 11) is 0. The number of anilines is 2. The zero-order chi connectivity index (χ0) is 26.4. The van der Waals surface area contributed by atoms with Crippen LogP contribution in [0.5, 0.6) is 0 Å². The third kappa shape index (κ3) is 2.97. The molecule has 1 aromatic heterocycles. The van der Waals surface area contributed by atoms with Crippen LogP contribution in [-0.2, 0) is 14.3 Å². The first-order valence-electron chi connectivity index (χ1n) is 13.1. The number of fused-ring (bicyclic) bond motifs is 9. The van der Waals surface area contributed by atoms with Gasteiger partial charge in [-0.05, 0) is 43.3 Å². The molecule has 0 spiro atoms. The number of nitrogens with zero attached hydrogens (tertiary/aromatic N) is 3. The molecule has 6 unspecified atom stereocenters. The number of carbonyl (C=O) groups excluding carboxylic acids is 2. The maximum atomic E-state index is 13.8. The molecular weight excluding hydrogens is 494 g/mol. The Morgan fingerprint density at radius 3 is 2.15 bits per heavy atom. The molecule has 8 rings (SSSR count). The minimum Gasteiger partial charge on any atom is -0.463 e. The lowest BCUT2D eigenvalue weighted by atomic mass is 9.70. The Kier molecular flexibility index (Phi) is 4.58. The van der Waals surface area contributed by atoms with Gasteiger partial charge in [0.2, 0.25) is 17.2 Å². The summed E-state index contributed by atoms with van der Waals surface area (Å²) in [5.74, 6) is -2.14. The van der Waals surface area contributed by atoms with E-state index in [0.717, 1.165) is 11.3 Å². The summed E-state index contributed by atoms with van der Waals surface area (Å²) in [6.45, 7) is 1.93. The van der Waals surface area contributed by atoms with Crippen molar-refractivity contribution < 1.29 is 18.7 Å². The van der Waals surface area contributed by atoms with E-state index in [1.54, 1.807) is 18.2 Å². The van der Waals surface area contributed by atoms with Gasteiger partial charge < -0.3 is 9.15 Å². The second kappa shape index (κ2) is 7.97. The van der Waals surface area contributed by atoms with E-state index in [-0.39, 0.29) is 29.2 Å². The Morgan fingerprint density at radius 2 is 1.44 bits per heavy atom. The zero-order valence-electron chi connectivity index (χ0n) is 20.9. The van der Waals surface area contributed by atoms with E-state index in [1.165, 1.54) is 11.2 Å². The normalized spacial score (nSPS) is 28.8. The largest absolute Gasteiger partial charge is 0.463 e. The first-order chi connectivity index (χ1) is 19.0. The van der Waals surface area contributed by atoms with Gasteiger partial charge in [-0.1, -0.05) is 48.0 Å². The number of para-hydroxylation sites is 2. The van der Waals surface area contributed by atoms with Crippen molar-refractivity contribution in [3.63, 3.8) is 0 Å². The van der Waals surface area contributed by atoms with Crippen LogP contribution in [0.25, 0.3) is 11.0 Å². The van der Waals surface area contributed by atoms with Crippen LogP contribution in [0.4, 0.5) is 11.4 Å². The van der Waals surface area contributed by atoms with Crippen molar-refractivity contribution in [3.05, 3.63) is 106 Å². The molecule has 4 aromatic rings. The van der Waals surface area contributed by atoms with Gasteiger partial charge in [0.25, 0.3) is 0 Å². The average Bonchev–Trinajstić information content (AvgIpc) is 3.70. The fourth-order valence-corrected chi connectivity index (χ4v) is 6.91. The van der Waals surface area contributed by atoms with Gasteiger partial charge in [-0.25, -0.2) is 4.90 Å². The maximum Gasteiger partial charge on any atom is 0.240 e. The van der Waals surface area contributed by atoms with Gasteiger partial charge in [0.15, 0.2) is 0 Å². The molecule has 0 saturated carbocycles. The van der Waals surface area contributed by atoms with Crippen molar-refractivity contribution in [2.45, 2.75) is 25.2 Å². The summed E-state index contributed by atoms with van der Waals surface area (Å²) in [6, 6.07) is 23.8. The first kappa shape index (κ1) is 22.4. The van der Waals surface area contributed by atoms with Crippen LogP contribution in [0.2, 0.25) is 0 Å². The lowest BCUT2D eigenvalue weighted by Crippen LogP contribution is -2.50. The number of hydrogen-bond acceptors (Lipinski definition) is 7. The van der Waals surface area contributed by atoms with Crippen LogP contribution in [0.1, 0.15) is 11.1 Å². The molecule has 4 aliphatic heterocycles. The van der Waals surface area contributed by atoms with Crippen LogP contribution >= 0.6 is 0 Å². The molecule has 4 aliphatic rings. The van der Waals surface area contributed by atoms with E-state index >= 15 is 0 Å². The van der Waals surface area contributed by atoms with Crippen LogP contribution in [0.3, 0.4) is 0 Å². The second-order valence-electron chi connectivity index (χ2n) is 10.6. The molecule has 2 amide bonds. The highest BCUT2D eigenvalue weighted by Crippen LogP contribution is 2.56. The summed E-state index contributed by atoms with van der Waals surface area (Å²) in [6.07, 6.45) is 0.327. The predicted octanol–water partition coefficient (Wildman–Crippen LogP) is 3.90. The molecule has 3 fully saturated rings. The molecule has 6 atom stereocenters. The fraction of sp³-hybridized carbons (Fsp3) is 0.226. The van der Waals surface area contributed by atoms with Crippen molar-refractivity contribution in [1.29, 1.82) is 0 Å². The Labute approximate surface area is 223 Å². The number of hydrogen-bond donors (Lipinski definition) is 0. The monoisotopic (exact) mass is 517 g/mol. The zero-order valence-corrected chi connectivity index (χ0v) is 20.9. The highest BCUT2D eigenvalue weighted by atomic mass is 16.5. The molecule has 3 aromatic carbocycles. The number of ether oxygens (including phenoxy) is 1. The topological polar surface area (TPSA) is 92.4 Å². The number of hydrazone groups is 1. The minimum atomic E-state index is -0.639. The van der Waals surface area contributed by atoms with Crippen LogP contribution < -0.4 is 15.3 Å². The van der Waals surface area contributed by atoms with Gasteiger partial charge in [0.1, 0.15) is 11.8 Å². The van der Waals surface area contributed by atoms with E-state index in [1.807, 2.05) is 72.6 Å². The molecule has 5 heterocycles. The van der Waals surface area contributed by atoms with Crippen molar-refractivity contribution in [3.8, 4) is 0 Å². The molecule has 0 aliphatic carbocycles. The van der Waals surface area contributed by atoms with Crippen molar-refractivity contribution in [2.75, 3.05) is 9.91 Å². The van der Waals surface area contributed by atoms with Crippen LogP contribution in [0.15, 0.2) is 99.4 Å². The molecule has 2 bridgehead atoms. The number of aryl methyl sites for hydroxylation is 1. The second-order valence-corrected chi connectivity index (χ2v) is 10.6. The highest BCUT2D eigenvalue weighted by Gasteiger charge is 2.72. The van der Waals surface area contributed by atoms with Gasteiger partial charge in [-0.15, -0.1) is 0 Å². The van der Waals surface area contributed by atoms with Gasteiger partial charge >= 0.3 is 0 Å². The third-order valence-electron chi connectivity index (χ3n) is 8.53. The van der Waals surface area contributed by atoms with E-state index in [2.05, 4.69) is 0 Å². The van der Waals surface area contributed by atoms with Gasteiger partial charge in [-0.2, -0.15) is 5.10 Å². The van der Waals surface area contributed by atoms with Crippen molar-refractivity contribution in [1.82, 2.24) is 0 Å². The number of imide groups is 1. The standard InChI is InChI=1S/C31H23N3O5/c1-16-12-13-21-19(14-16)27(35)20(15-38-21)25-24-26(34(32-25)18-10-6-3-7-11-18)29-23-22(28(24)39-29)30(36)33(31(23)37)17-8-4-2-5-9-17/h2-15,22-24,26,28-29H,1H3. The molecule has 0 radical (unpaired) electrons. The van der Waals surface area contributed by atoms with Crippen molar-refractivity contribution >= 4 is 39.9 Å². The Balaban J connectivity index is 1.27. The predicted molar refractivity (Wildman–Crippen MR) is 145 cm³/mol. The van der Waals surface area contributed by atoms with E-state index in [4.69, 9.17) is 14.3 Å². The lowest BCUT2D eigenvalue weighted by Gasteiger charge is -2.32. The third-order valence-corrected chi connectivity index (χ3v) is 8.53. The maximum absolute atomic E-state index is 13.8. The van der Waals surface area contributed by atoms with E-state index in [9.17, 15) is 14.4 Å². The van der Waals surface area contributed by atoms with E-state index in [0.29, 0.717) is 27.9 Å². The summed E-state index contributed by atoms with van der Waals surface area (Å²) < 4.78 is 12.3. The molecule has 8 heteroatoms. The number of carbonyl (C=O) groups is 2. The van der Waals surface area contributed by atoms with Gasteiger partial charge in [0.05, 0.1) is 64.0 Å². The number of rotatable bonds is 3. The van der Waals surface area contributed by atoms with E-state index < -0.39 is 24.0 Å². The molecule has 8 nitrogen and oxygen atoms in total. The summed E-state index contributed by atoms with van der Waals surface area (Å²) in [4.78, 5) is 42.5. The van der Waals surface area contributed by atoms with Crippen LogP contribution in [0, 0.1) is 24.7 Å². The number of amides is 2. The molecule has 39 heavy (non-hydrogen) atoms. The van der Waals surface area contributed by atoms with Gasteiger partial charge in [-0.3, -0.25) is 19.4 Å². The average molecular weight is 518 g/mol. The summed E-state index contributed by atoms with van der Waals surface area (Å²) >= 11 is 0. The number of benzene rings is 3. The Bertz CT molecular complexity index is 1770. The molecule has 0 N–H and O–H groups in total. The minimum absolute atomic E-state index is 0.175. The van der Waals surface area contributed by atoms with Crippen molar-refractivity contribution in [2.24, 2.45) is 22.9 Å². The Hall–Kier alpha value is -4.56. The highest BCUT2D eigenvalue weighted by molar-refractivity contribution is 6.23. The lowest BCUT2D eigenvalue weighted by molar-refractivity contribution is -0.125. The smallest absolute Gasteiger partial charge is 0.240 e. The fourth-order valence-electron chi connectivity index (χ4n) is 6.91.